The first-order valence-corrected chi connectivity index (χ1v) is 5.64. The first-order valence-electron chi connectivity index (χ1n) is 5.64. The molecule has 0 aliphatic carbocycles. The Morgan fingerprint density at radius 1 is 1.41 bits per heavy atom. The second-order valence-corrected chi connectivity index (χ2v) is 3.86. The zero-order chi connectivity index (χ0) is 12.1. The van der Waals surface area contributed by atoms with E-state index in [0.29, 0.717) is 13.0 Å². The zero-order valence-corrected chi connectivity index (χ0v) is 9.82. The molecule has 2 aromatic rings. The number of carbonyl (C=O) groups excluding carboxylic acids is 1. The minimum Gasteiger partial charge on any atom is -0.469 e. The predicted molar refractivity (Wildman–Crippen MR) is 66.6 cm³/mol. The van der Waals surface area contributed by atoms with E-state index in [9.17, 15) is 4.79 Å². The first kappa shape index (κ1) is 11.7. The van der Waals surface area contributed by atoms with E-state index in [2.05, 4.69) is 27.2 Å². The normalized spacial score (nSPS) is 10.6. The van der Waals surface area contributed by atoms with Crippen molar-refractivity contribution in [1.29, 1.82) is 0 Å². The molecular formula is C13H16N2O2. The molecule has 2 rings (SSSR count). The van der Waals surface area contributed by atoms with Crippen LogP contribution in [-0.4, -0.2) is 24.6 Å². The highest BCUT2D eigenvalue weighted by Gasteiger charge is 2.02. The minimum absolute atomic E-state index is 0.183. The van der Waals surface area contributed by atoms with Crippen molar-refractivity contribution in [1.82, 2.24) is 10.3 Å². The van der Waals surface area contributed by atoms with Gasteiger partial charge in [0.05, 0.1) is 13.5 Å². The van der Waals surface area contributed by atoms with Gasteiger partial charge in [0, 0.05) is 30.2 Å². The van der Waals surface area contributed by atoms with E-state index in [0.717, 1.165) is 12.1 Å². The number of hydrogen-bond donors (Lipinski definition) is 2. The van der Waals surface area contributed by atoms with Gasteiger partial charge in [0.15, 0.2) is 0 Å². The van der Waals surface area contributed by atoms with Crippen molar-refractivity contribution in [3.05, 3.63) is 36.0 Å². The zero-order valence-electron chi connectivity index (χ0n) is 9.82. The van der Waals surface area contributed by atoms with E-state index in [4.69, 9.17) is 0 Å². The number of methoxy groups -OCH3 is 1. The fourth-order valence-corrected chi connectivity index (χ4v) is 1.82. The first-order chi connectivity index (χ1) is 8.31. The third kappa shape index (κ3) is 2.85. The van der Waals surface area contributed by atoms with Crippen molar-refractivity contribution in [3.8, 4) is 0 Å². The molecule has 0 amide bonds. The van der Waals surface area contributed by atoms with E-state index < -0.39 is 0 Å². The van der Waals surface area contributed by atoms with Gasteiger partial charge in [-0.25, -0.2) is 0 Å². The number of hydrogen-bond acceptors (Lipinski definition) is 3. The molecule has 17 heavy (non-hydrogen) atoms. The molecule has 0 bridgehead atoms. The Morgan fingerprint density at radius 3 is 3.12 bits per heavy atom. The topological polar surface area (TPSA) is 54.1 Å². The van der Waals surface area contributed by atoms with Crippen molar-refractivity contribution in [2.24, 2.45) is 0 Å². The van der Waals surface area contributed by atoms with Crippen molar-refractivity contribution in [2.75, 3.05) is 13.7 Å². The number of H-pyrrole nitrogens is 1. The van der Waals surface area contributed by atoms with Gasteiger partial charge in [0.25, 0.3) is 0 Å². The average molecular weight is 232 g/mol. The van der Waals surface area contributed by atoms with Crippen LogP contribution >= 0.6 is 0 Å². The molecule has 90 valence electrons. The van der Waals surface area contributed by atoms with Crippen LogP contribution in [0.15, 0.2) is 30.5 Å². The van der Waals surface area contributed by atoms with E-state index in [1.807, 2.05) is 18.3 Å². The van der Waals surface area contributed by atoms with Gasteiger partial charge in [-0.3, -0.25) is 4.79 Å². The number of rotatable bonds is 5. The lowest BCUT2D eigenvalue weighted by Crippen LogP contribution is -2.18. The Morgan fingerprint density at radius 2 is 2.29 bits per heavy atom. The van der Waals surface area contributed by atoms with Crippen LogP contribution in [-0.2, 0) is 16.1 Å². The maximum absolute atomic E-state index is 10.9. The molecule has 0 atom stereocenters. The summed E-state index contributed by atoms with van der Waals surface area (Å²) >= 11 is 0. The SMILES string of the molecule is COC(=O)CCNCc1cccc2[nH]ccc12. The molecule has 4 heteroatoms. The second kappa shape index (κ2) is 5.50. The number of aromatic amines is 1. The average Bonchev–Trinajstić information content (AvgIpc) is 2.83. The van der Waals surface area contributed by atoms with Gasteiger partial charge in [-0.05, 0) is 17.7 Å². The maximum atomic E-state index is 10.9. The molecule has 0 aliphatic rings. The van der Waals surface area contributed by atoms with Crippen LogP contribution in [0.3, 0.4) is 0 Å². The number of ether oxygens (including phenoxy) is 1. The quantitative estimate of drug-likeness (QED) is 0.610. The van der Waals surface area contributed by atoms with Gasteiger partial charge in [0.2, 0.25) is 0 Å². The molecule has 4 nitrogen and oxygen atoms in total. The molecule has 0 unspecified atom stereocenters. The molecule has 0 radical (unpaired) electrons. The summed E-state index contributed by atoms with van der Waals surface area (Å²) in [7, 11) is 1.41. The summed E-state index contributed by atoms with van der Waals surface area (Å²) in [6, 6.07) is 8.22. The second-order valence-electron chi connectivity index (χ2n) is 3.86. The lowest BCUT2D eigenvalue weighted by atomic mass is 10.1. The Hall–Kier alpha value is -1.81. The minimum atomic E-state index is -0.183. The Kier molecular flexibility index (Phi) is 3.77. The highest BCUT2D eigenvalue weighted by atomic mass is 16.5. The van der Waals surface area contributed by atoms with Gasteiger partial charge in [0.1, 0.15) is 0 Å². The number of aromatic nitrogens is 1. The largest absolute Gasteiger partial charge is 0.469 e. The summed E-state index contributed by atoms with van der Waals surface area (Å²) in [5.41, 5.74) is 2.37. The number of benzene rings is 1. The van der Waals surface area contributed by atoms with E-state index >= 15 is 0 Å². The molecule has 1 heterocycles. The molecule has 1 aromatic carbocycles. The third-order valence-corrected chi connectivity index (χ3v) is 2.73. The van der Waals surface area contributed by atoms with E-state index in [-0.39, 0.29) is 5.97 Å². The van der Waals surface area contributed by atoms with Crippen LogP contribution in [0.1, 0.15) is 12.0 Å². The Labute approximate surface area is 100.0 Å². The lowest BCUT2D eigenvalue weighted by Gasteiger charge is -2.05. The van der Waals surface area contributed by atoms with Gasteiger partial charge in [-0.15, -0.1) is 0 Å². The van der Waals surface area contributed by atoms with Gasteiger partial charge < -0.3 is 15.0 Å². The predicted octanol–water partition coefficient (Wildman–Crippen LogP) is 1.82. The van der Waals surface area contributed by atoms with E-state index in [1.165, 1.54) is 18.1 Å². The van der Waals surface area contributed by atoms with Gasteiger partial charge >= 0.3 is 5.97 Å². The summed E-state index contributed by atoms with van der Waals surface area (Å²) in [6.45, 7) is 1.39. The third-order valence-electron chi connectivity index (χ3n) is 2.73. The van der Waals surface area contributed by atoms with Crippen molar-refractivity contribution < 1.29 is 9.53 Å². The summed E-state index contributed by atoms with van der Waals surface area (Å²) in [6.07, 6.45) is 2.34. The van der Waals surface area contributed by atoms with Crippen molar-refractivity contribution in [3.63, 3.8) is 0 Å². The summed E-state index contributed by atoms with van der Waals surface area (Å²) < 4.78 is 4.58. The monoisotopic (exact) mass is 232 g/mol. The molecule has 0 saturated carbocycles. The van der Waals surface area contributed by atoms with Crippen LogP contribution in [0.4, 0.5) is 0 Å². The molecule has 1 aromatic heterocycles. The molecule has 0 aliphatic heterocycles. The Balaban J connectivity index is 1.91. The highest BCUT2D eigenvalue weighted by molar-refractivity contribution is 5.82. The van der Waals surface area contributed by atoms with Crippen LogP contribution in [0.5, 0.6) is 0 Å². The van der Waals surface area contributed by atoms with E-state index in [1.54, 1.807) is 0 Å². The molecule has 2 N–H and O–H groups in total. The summed E-state index contributed by atoms with van der Waals surface area (Å²) in [5, 5.41) is 4.45. The van der Waals surface area contributed by atoms with Crippen LogP contribution in [0, 0.1) is 0 Å². The molecular weight excluding hydrogens is 216 g/mol. The van der Waals surface area contributed by atoms with Crippen molar-refractivity contribution in [2.45, 2.75) is 13.0 Å². The van der Waals surface area contributed by atoms with Crippen molar-refractivity contribution >= 4 is 16.9 Å². The maximum Gasteiger partial charge on any atom is 0.306 e. The Bertz CT molecular complexity index is 505. The van der Waals surface area contributed by atoms with Crippen LogP contribution in [0.25, 0.3) is 10.9 Å². The number of esters is 1. The fourth-order valence-electron chi connectivity index (χ4n) is 1.82. The number of carbonyl (C=O) groups is 1. The highest BCUT2D eigenvalue weighted by Crippen LogP contribution is 2.16. The molecule has 0 saturated heterocycles. The van der Waals surface area contributed by atoms with Crippen LogP contribution in [0.2, 0.25) is 0 Å². The summed E-state index contributed by atoms with van der Waals surface area (Å²) in [5.74, 6) is -0.183. The number of fused-ring (bicyclic) bond motifs is 1. The molecule has 0 fully saturated rings. The van der Waals surface area contributed by atoms with Gasteiger partial charge in [-0.1, -0.05) is 12.1 Å². The lowest BCUT2D eigenvalue weighted by molar-refractivity contribution is -0.140. The fraction of sp³-hybridized carbons (Fsp3) is 0.308. The summed E-state index contributed by atoms with van der Waals surface area (Å²) in [4.78, 5) is 14.1. The van der Waals surface area contributed by atoms with Crippen LogP contribution < -0.4 is 5.32 Å². The van der Waals surface area contributed by atoms with Gasteiger partial charge in [-0.2, -0.15) is 0 Å². The number of nitrogens with one attached hydrogen (secondary N) is 2. The smallest absolute Gasteiger partial charge is 0.306 e. The standard InChI is InChI=1S/C13H16N2O2/c1-17-13(16)6-7-14-9-10-3-2-4-12-11(10)5-8-15-12/h2-5,8,14-15H,6-7,9H2,1H3. The molecule has 0 spiro atoms.